The molecule has 2 aromatic heterocycles. The molecular formula is C23H19Cl2N3O3S. The van der Waals surface area contributed by atoms with Crippen LogP contribution in [-0.2, 0) is 6.61 Å². The lowest BCUT2D eigenvalue weighted by atomic mass is 10.1. The molecule has 0 fully saturated rings. The van der Waals surface area contributed by atoms with Crippen LogP contribution in [0.4, 0.5) is 5.69 Å². The quantitative estimate of drug-likeness (QED) is 0.358. The Morgan fingerprint density at radius 3 is 2.66 bits per heavy atom. The number of rotatable bonds is 5. The zero-order valence-electron chi connectivity index (χ0n) is 17.5. The molecule has 0 bridgehead atoms. The molecule has 2 aromatic carbocycles. The minimum atomic E-state index is -0.324. The van der Waals surface area contributed by atoms with E-state index in [1.807, 2.05) is 32.0 Å². The average Bonchev–Trinajstić information content (AvgIpc) is 3.06. The second-order valence-corrected chi connectivity index (χ2v) is 9.23. The first-order valence-corrected chi connectivity index (χ1v) is 11.3. The number of H-pyrrole nitrogens is 1. The molecule has 2 N–H and O–H groups in total. The molecule has 32 heavy (non-hydrogen) atoms. The smallest absolute Gasteiger partial charge is 0.266 e. The standard InChI is InChI=1S/C23H19Cl2N3O3S/c1-11-4-6-16(12(2)8-11)26-22(30)20-13(3)19-21(29)27-18(28-23(19)32-20)10-31-17-7-5-14(24)9-15(17)25/h4-9H,10H2,1-3H3,(H,26,30)(H,27,28,29). The fourth-order valence-corrected chi connectivity index (χ4v) is 4.90. The van der Waals surface area contributed by atoms with Gasteiger partial charge in [-0.25, -0.2) is 4.98 Å². The van der Waals surface area contributed by atoms with E-state index in [4.69, 9.17) is 27.9 Å². The highest BCUT2D eigenvalue weighted by Crippen LogP contribution is 2.30. The Morgan fingerprint density at radius 1 is 1.16 bits per heavy atom. The summed E-state index contributed by atoms with van der Waals surface area (Å²) in [5.41, 5.74) is 3.08. The number of fused-ring (bicyclic) bond motifs is 1. The summed E-state index contributed by atoms with van der Waals surface area (Å²) in [7, 11) is 0. The van der Waals surface area contributed by atoms with Gasteiger partial charge in [-0.05, 0) is 56.2 Å². The van der Waals surface area contributed by atoms with Crippen LogP contribution in [0.25, 0.3) is 10.2 Å². The maximum atomic E-state index is 12.9. The van der Waals surface area contributed by atoms with E-state index < -0.39 is 0 Å². The highest BCUT2D eigenvalue weighted by Gasteiger charge is 2.20. The number of carbonyl (C=O) groups is 1. The number of nitrogens with one attached hydrogen (secondary N) is 2. The molecule has 1 amide bonds. The van der Waals surface area contributed by atoms with Crippen LogP contribution in [-0.4, -0.2) is 15.9 Å². The predicted octanol–water partition coefficient (Wildman–Crippen LogP) is 6.05. The van der Waals surface area contributed by atoms with Crippen LogP contribution in [0, 0.1) is 20.8 Å². The van der Waals surface area contributed by atoms with E-state index in [1.165, 1.54) is 11.3 Å². The van der Waals surface area contributed by atoms with Gasteiger partial charge in [0.15, 0.2) is 0 Å². The second-order valence-electron chi connectivity index (χ2n) is 7.38. The average molecular weight is 488 g/mol. The summed E-state index contributed by atoms with van der Waals surface area (Å²) in [6.45, 7) is 5.69. The van der Waals surface area contributed by atoms with Gasteiger partial charge in [-0.2, -0.15) is 0 Å². The summed E-state index contributed by atoms with van der Waals surface area (Å²) in [5.74, 6) is 0.480. The largest absolute Gasteiger partial charge is 0.484 e. The van der Waals surface area contributed by atoms with E-state index in [2.05, 4.69) is 15.3 Å². The number of benzene rings is 2. The highest BCUT2D eigenvalue weighted by molar-refractivity contribution is 7.20. The lowest BCUT2D eigenvalue weighted by Crippen LogP contribution is -2.14. The number of hydrogen-bond donors (Lipinski definition) is 2. The van der Waals surface area contributed by atoms with Gasteiger partial charge < -0.3 is 15.0 Å². The van der Waals surface area contributed by atoms with Gasteiger partial charge >= 0.3 is 0 Å². The van der Waals surface area contributed by atoms with Crippen LogP contribution in [0.1, 0.15) is 32.2 Å². The number of thiophene rings is 1. The molecule has 0 aliphatic heterocycles. The molecule has 6 nitrogen and oxygen atoms in total. The van der Waals surface area contributed by atoms with Crippen molar-refractivity contribution < 1.29 is 9.53 Å². The minimum Gasteiger partial charge on any atom is -0.484 e. The molecule has 4 aromatic rings. The lowest BCUT2D eigenvalue weighted by Gasteiger charge is -2.08. The van der Waals surface area contributed by atoms with Gasteiger partial charge in [-0.15, -0.1) is 11.3 Å². The summed E-state index contributed by atoms with van der Waals surface area (Å²) < 4.78 is 5.67. The summed E-state index contributed by atoms with van der Waals surface area (Å²) in [6, 6.07) is 10.7. The third-order valence-electron chi connectivity index (χ3n) is 4.94. The van der Waals surface area contributed by atoms with Crippen molar-refractivity contribution in [2.75, 3.05) is 5.32 Å². The zero-order valence-corrected chi connectivity index (χ0v) is 19.8. The summed E-state index contributed by atoms with van der Waals surface area (Å²) in [6.07, 6.45) is 0. The number of carbonyl (C=O) groups excluding carboxylic acids is 1. The Hall–Kier alpha value is -2.87. The lowest BCUT2D eigenvalue weighted by molar-refractivity contribution is 0.103. The number of amides is 1. The van der Waals surface area contributed by atoms with Gasteiger partial charge in [-0.3, -0.25) is 9.59 Å². The molecule has 0 radical (unpaired) electrons. The number of ether oxygens (including phenoxy) is 1. The van der Waals surface area contributed by atoms with Crippen molar-refractivity contribution in [1.82, 2.24) is 9.97 Å². The molecular weight excluding hydrogens is 469 g/mol. The Labute approximate surface area is 198 Å². The topological polar surface area (TPSA) is 84.1 Å². The monoisotopic (exact) mass is 487 g/mol. The van der Waals surface area contributed by atoms with Gasteiger partial charge in [0, 0.05) is 10.7 Å². The summed E-state index contributed by atoms with van der Waals surface area (Å²) in [4.78, 5) is 33.8. The molecule has 9 heteroatoms. The van der Waals surface area contributed by atoms with Gasteiger partial charge in [0.25, 0.3) is 11.5 Å². The molecule has 0 unspecified atom stereocenters. The zero-order chi connectivity index (χ0) is 23.0. The predicted molar refractivity (Wildman–Crippen MR) is 130 cm³/mol. The molecule has 2 heterocycles. The van der Waals surface area contributed by atoms with Crippen LogP contribution in [0.2, 0.25) is 10.0 Å². The van der Waals surface area contributed by atoms with Crippen molar-refractivity contribution >= 4 is 56.3 Å². The Kier molecular flexibility index (Phi) is 6.24. The van der Waals surface area contributed by atoms with Crippen LogP contribution in [0.5, 0.6) is 5.75 Å². The maximum Gasteiger partial charge on any atom is 0.266 e. The number of hydrogen-bond acceptors (Lipinski definition) is 5. The van der Waals surface area contributed by atoms with Gasteiger partial charge in [-0.1, -0.05) is 40.9 Å². The van der Waals surface area contributed by atoms with E-state index in [1.54, 1.807) is 25.1 Å². The fourth-order valence-electron chi connectivity index (χ4n) is 3.34. The van der Waals surface area contributed by atoms with Gasteiger partial charge in [0.2, 0.25) is 0 Å². The molecule has 0 atom stereocenters. The number of aromatic amines is 1. The third kappa shape index (κ3) is 4.50. The second kappa shape index (κ2) is 8.94. The van der Waals surface area contributed by atoms with Crippen LogP contribution < -0.4 is 15.6 Å². The van der Waals surface area contributed by atoms with Crippen LogP contribution in [0.15, 0.2) is 41.2 Å². The molecule has 0 aliphatic carbocycles. The highest BCUT2D eigenvalue weighted by atomic mass is 35.5. The first-order valence-electron chi connectivity index (χ1n) is 9.71. The first-order chi connectivity index (χ1) is 15.2. The van der Waals surface area contributed by atoms with E-state index in [0.29, 0.717) is 42.3 Å². The molecule has 164 valence electrons. The van der Waals surface area contributed by atoms with Gasteiger partial charge in [0.1, 0.15) is 23.0 Å². The van der Waals surface area contributed by atoms with Crippen molar-refractivity contribution in [2.45, 2.75) is 27.4 Å². The first kappa shape index (κ1) is 22.3. The third-order valence-corrected chi connectivity index (χ3v) is 6.66. The van der Waals surface area contributed by atoms with E-state index in [-0.39, 0.29) is 18.1 Å². The molecule has 0 saturated carbocycles. The van der Waals surface area contributed by atoms with Crippen LogP contribution >= 0.6 is 34.5 Å². The van der Waals surface area contributed by atoms with Crippen molar-refractivity contribution in [3.8, 4) is 5.75 Å². The summed E-state index contributed by atoms with van der Waals surface area (Å²) in [5, 5.41) is 4.18. The van der Waals surface area contributed by atoms with E-state index >= 15 is 0 Å². The van der Waals surface area contributed by atoms with E-state index in [9.17, 15) is 9.59 Å². The number of anilines is 1. The number of halogens is 2. The maximum absolute atomic E-state index is 12.9. The van der Waals surface area contributed by atoms with E-state index in [0.717, 1.165) is 16.8 Å². The van der Waals surface area contributed by atoms with Crippen molar-refractivity contribution in [2.24, 2.45) is 0 Å². The molecule has 0 aliphatic rings. The Morgan fingerprint density at radius 2 is 1.94 bits per heavy atom. The summed E-state index contributed by atoms with van der Waals surface area (Å²) >= 11 is 13.2. The molecule has 0 saturated heterocycles. The fraction of sp³-hybridized carbons (Fsp3) is 0.174. The molecule has 4 rings (SSSR count). The minimum absolute atomic E-state index is 0.00751. The Bertz CT molecular complexity index is 1410. The number of aromatic nitrogens is 2. The Balaban J connectivity index is 1.60. The number of nitrogens with zero attached hydrogens (tertiary/aromatic N) is 1. The number of aryl methyl sites for hydroxylation is 3. The van der Waals surface area contributed by atoms with Crippen molar-refractivity contribution in [3.63, 3.8) is 0 Å². The molecule has 0 spiro atoms. The van der Waals surface area contributed by atoms with Crippen molar-refractivity contribution in [1.29, 1.82) is 0 Å². The van der Waals surface area contributed by atoms with Crippen molar-refractivity contribution in [3.05, 3.63) is 84.2 Å². The normalized spacial score (nSPS) is 11.0. The van der Waals surface area contributed by atoms with Crippen LogP contribution in [0.3, 0.4) is 0 Å². The SMILES string of the molecule is Cc1ccc(NC(=O)c2sc3nc(COc4ccc(Cl)cc4Cl)[nH]c(=O)c3c2C)c(C)c1. The van der Waals surface area contributed by atoms with Gasteiger partial charge in [0.05, 0.1) is 15.3 Å².